The van der Waals surface area contributed by atoms with Gasteiger partial charge in [-0.25, -0.2) is 0 Å². The first-order valence-corrected chi connectivity index (χ1v) is 8.43. The molecule has 3 rings (SSSR count). The summed E-state index contributed by atoms with van der Waals surface area (Å²) in [5.74, 6) is 1.71. The second kappa shape index (κ2) is 6.55. The van der Waals surface area contributed by atoms with Crippen LogP contribution in [0.5, 0.6) is 0 Å². The van der Waals surface area contributed by atoms with Gasteiger partial charge in [0.1, 0.15) is 0 Å². The fourth-order valence-electron chi connectivity index (χ4n) is 4.54. The maximum absolute atomic E-state index is 5.74. The van der Waals surface area contributed by atoms with Crippen LogP contribution in [0.1, 0.15) is 45.4 Å². The van der Waals surface area contributed by atoms with E-state index in [2.05, 4.69) is 17.1 Å². The average Bonchev–Trinajstić information content (AvgIpc) is 2.85. The van der Waals surface area contributed by atoms with Gasteiger partial charge in [-0.2, -0.15) is 0 Å². The number of ether oxygens (including phenoxy) is 1. The number of nitrogens with zero attached hydrogens (tertiary/aromatic N) is 1. The zero-order valence-corrected chi connectivity index (χ0v) is 12.4. The Morgan fingerprint density at radius 3 is 2.95 bits per heavy atom. The SMILES string of the molecule is CCNC1CCOCC1CN1CCC2CCCCC21. The Morgan fingerprint density at radius 1 is 1.16 bits per heavy atom. The number of fused-ring (bicyclic) bond motifs is 1. The first-order valence-electron chi connectivity index (χ1n) is 8.43. The van der Waals surface area contributed by atoms with Gasteiger partial charge in [-0.3, -0.25) is 4.90 Å². The Bertz CT molecular complexity index is 282. The molecule has 3 heteroatoms. The quantitative estimate of drug-likeness (QED) is 0.845. The lowest BCUT2D eigenvalue weighted by molar-refractivity contribution is 0.0120. The lowest BCUT2D eigenvalue weighted by Crippen LogP contribution is -2.49. The highest BCUT2D eigenvalue weighted by atomic mass is 16.5. The molecule has 0 aromatic rings. The van der Waals surface area contributed by atoms with Crippen molar-refractivity contribution < 1.29 is 4.74 Å². The average molecular weight is 266 g/mol. The minimum atomic E-state index is 0.682. The third-order valence-electron chi connectivity index (χ3n) is 5.53. The van der Waals surface area contributed by atoms with Gasteiger partial charge in [-0.15, -0.1) is 0 Å². The van der Waals surface area contributed by atoms with Crippen LogP contribution in [0.25, 0.3) is 0 Å². The van der Waals surface area contributed by atoms with Crippen molar-refractivity contribution in [1.29, 1.82) is 0 Å². The minimum Gasteiger partial charge on any atom is -0.381 e. The topological polar surface area (TPSA) is 24.5 Å². The van der Waals surface area contributed by atoms with E-state index in [1.54, 1.807) is 0 Å². The summed E-state index contributed by atoms with van der Waals surface area (Å²) < 4.78 is 5.74. The molecule has 0 amide bonds. The maximum Gasteiger partial charge on any atom is 0.0521 e. The van der Waals surface area contributed by atoms with Crippen molar-refractivity contribution in [2.45, 2.75) is 57.5 Å². The van der Waals surface area contributed by atoms with E-state index in [1.807, 2.05) is 0 Å². The van der Waals surface area contributed by atoms with Crippen molar-refractivity contribution in [1.82, 2.24) is 10.2 Å². The molecule has 2 saturated heterocycles. The summed E-state index contributed by atoms with van der Waals surface area (Å²) in [6.07, 6.45) is 8.50. The molecule has 1 aliphatic carbocycles. The van der Waals surface area contributed by atoms with E-state index in [9.17, 15) is 0 Å². The third kappa shape index (κ3) is 3.14. The molecule has 0 radical (unpaired) electrons. The molecule has 3 fully saturated rings. The molecule has 0 spiro atoms. The van der Waals surface area contributed by atoms with E-state index in [0.29, 0.717) is 12.0 Å². The Kier molecular flexibility index (Phi) is 4.78. The van der Waals surface area contributed by atoms with E-state index in [0.717, 1.165) is 31.7 Å². The van der Waals surface area contributed by atoms with E-state index in [1.165, 1.54) is 51.6 Å². The van der Waals surface area contributed by atoms with Gasteiger partial charge < -0.3 is 10.1 Å². The van der Waals surface area contributed by atoms with Gasteiger partial charge in [0.15, 0.2) is 0 Å². The molecule has 1 N–H and O–H groups in total. The predicted molar refractivity (Wildman–Crippen MR) is 78.3 cm³/mol. The zero-order chi connectivity index (χ0) is 13.1. The first kappa shape index (κ1) is 13.8. The summed E-state index contributed by atoms with van der Waals surface area (Å²) in [6.45, 7) is 7.82. The second-order valence-electron chi connectivity index (χ2n) is 6.68. The van der Waals surface area contributed by atoms with Crippen LogP contribution in [0.2, 0.25) is 0 Å². The zero-order valence-electron chi connectivity index (χ0n) is 12.4. The normalized spacial score (nSPS) is 40.3. The Labute approximate surface area is 118 Å². The Morgan fingerprint density at radius 2 is 2.05 bits per heavy atom. The fourth-order valence-corrected chi connectivity index (χ4v) is 4.54. The van der Waals surface area contributed by atoms with Crippen molar-refractivity contribution >= 4 is 0 Å². The van der Waals surface area contributed by atoms with Crippen LogP contribution in [-0.2, 0) is 4.74 Å². The van der Waals surface area contributed by atoms with Crippen LogP contribution in [0, 0.1) is 11.8 Å². The summed E-state index contributed by atoms with van der Waals surface area (Å²) in [5.41, 5.74) is 0. The van der Waals surface area contributed by atoms with Crippen LogP contribution < -0.4 is 5.32 Å². The summed E-state index contributed by atoms with van der Waals surface area (Å²) in [7, 11) is 0. The van der Waals surface area contributed by atoms with Crippen molar-refractivity contribution in [3.8, 4) is 0 Å². The van der Waals surface area contributed by atoms with Crippen molar-refractivity contribution in [2.75, 3.05) is 32.8 Å². The van der Waals surface area contributed by atoms with Crippen LogP contribution >= 0.6 is 0 Å². The molecule has 2 heterocycles. The molecule has 3 nitrogen and oxygen atoms in total. The first-order chi connectivity index (χ1) is 9.38. The van der Waals surface area contributed by atoms with Gasteiger partial charge in [0.25, 0.3) is 0 Å². The van der Waals surface area contributed by atoms with E-state index < -0.39 is 0 Å². The molecule has 4 atom stereocenters. The number of nitrogens with one attached hydrogen (secondary N) is 1. The van der Waals surface area contributed by atoms with Gasteiger partial charge in [-0.1, -0.05) is 19.8 Å². The van der Waals surface area contributed by atoms with Gasteiger partial charge in [-0.05, 0) is 44.7 Å². The van der Waals surface area contributed by atoms with Gasteiger partial charge in [0, 0.05) is 31.2 Å². The van der Waals surface area contributed by atoms with Gasteiger partial charge in [0.2, 0.25) is 0 Å². The summed E-state index contributed by atoms with van der Waals surface area (Å²) in [5, 5.41) is 3.67. The molecule has 0 bridgehead atoms. The Hall–Kier alpha value is -0.120. The molecule has 110 valence electrons. The van der Waals surface area contributed by atoms with Crippen molar-refractivity contribution in [3.05, 3.63) is 0 Å². The highest BCUT2D eigenvalue weighted by Gasteiger charge is 2.37. The third-order valence-corrected chi connectivity index (χ3v) is 5.53. The largest absolute Gasteiger partial charge is 0.381 e. The van der Waals surface area contributed by atoms with Crippen LogP contribution in [0.4, 0.5) is 0 Å². The fraction of sp³-hybridized carbons (Fsp3) is 1.00. The van der Waals surface area contributed by atoms with Crippen LogP contribution in [0.3, 0.4) is 0 Å². The summed E-state index contributed by atoms with van der Waals surface area (Å²) >= 11 is 0. The van der Waals surface area contributed by atoms with E-state index in [-0.39, 0.29) is 0 Å². The summed E-state index contributed by atoms with van der Waals surface area (Å²) in [4.78, 5) is 2.80. The number of likely N-dealkylation sites (tertiary alicyclic amines) is 1. The standard InChI is InChI=1S/C16H30N2O/c1-2-17-15-8-10-19-12-14(15)11-18-9-7-13-5-3-4-6-16(13)18/h13-17H,2-12H2,1H3. The molecular formula is C16H30N2O. The maximum atomic E-state index is 5.74. The predicted octanol–water partition coefficient (Wildman–Crippen LogP) is 2.27. The minimum absolute atomic E-state index is 0.682. The number of hydrogen-bond donors (Lipinski definition) is 1. The number of rotatable bonds is 4. The number of hydrogen-bond acceptors (Lipinski definition) is 3. The molecule has 0 aromatic carbocycles. The molecule has 0 aromatic heterocycles. The lowest BCUT2D eigenvalue weighted by Gasteiger charge is -2.38. The van der Waals surface area contributed by atoms with Crippen LogP contribution in [0.15, 0.2) is 0 Å². The summed E-state index contributed by atoms with van der Waals surface area (Å²) in [6, 6.07) is 1.58. The van der Waals surface area contributed by atoms with Gasteiger partial charge >= 0.3 is 0 Å². The second-order valence-corrected chi connectivity index (χ2v) is 6.68. The van der Waals surface area contributed by atoms with Crippen molar-refractivity contribution in [3.63, 3.8) is 0 Å². The molecule has 2 aliphatic heterocycles. The van der Waals surface area contributed by atoms with Gasteiger partial charge in [0.05, 0.1) is 6.61 Å². The highest BCUT2D eigenvalue weighted by molar-refractivity contribution is 4.92. The van der Waals surface area contributed by atoms with E-state index in [4.69, 9.17) is 4.74 Å². The van der Waals surface area contributed by atoms with E-state index >= 15 is 0 Å². The molecule has 3 aliphatic rings. The molecule has 1 saturated carbocycles. The highest BCUT2D eigenvalue weighted by Crippen LogP contribution is 2.36. The van der Waals surface area contributed by atoms with Crippen LogP contribution in [-0.4, -0.2) is 49.8 Å². The Balaban J connectivity index is 1.57. The van der Waals surface area contributed by atoms with Crippen molar-refractivity contribution in [2.24, 2.45) is 11.8 Å². The molecule has 4 unspecified atom stereocenters. The monoisotopic (exact) mass is 266 g/mol. The molecular weight excluding hydrogens is 236 g/mol. The smallest absolute Gasteiger partial charge is 0.0521 e. The lowest BCUT2D eigenvalue weighted by atomic mass is 9.85. The molecule has 19 heavy (non-hydrogen) atoms.